The molecule has 30 heavy (non-hydrogen) atoms. The van der Waals surface area contributed by atoms with Gasteiger partial charge < -0.3 is 15.3 Å². The molecule has 11 heteroatoms. The number of hydrogen-bond donors (Lipinski definition) is 2. The first-order chi connectivity index (χ1) is 14.0. The predicted octanol–water partition coefficient (Wildman–Crippen LogP) is 3.94. The van der Waals surface area contributed by atoms with Crippen molar-refractivity contribution in [2.24, 2.45) is 11.8 Å². The molecule has 0 spiro atoms. The van der Waals surface area contributed by atoms with E-state index in [-0.39, 0.29) is 18.4 Å². The summed E-state index contributed by atoms with van der Waals surface area (Å²) in [5.74, 6) is -6.70. The number of benzene rings is 1. The maximum atomic E-state index is 14.0. The minimum absolute atomic E-state index is 0.0546. The van der Waals surface area contributed by atoms with Crippen molar-refractivity contribution in [2.75, 3.05) is 11.9 Å². The number of likely N-dealkylation sites (tertiary alicyclic amines) is 1. The zero-order valence-electron chi connectivity index (χ0n) is 15.7. The molecule has 1 aliphatic heterocycles. The number of aliphatic carboxylic acids is 1. The van der Waals surface area contributed by atoms with Gasteiger partial charge in [-0.2, -0.15) is 13.2 Å². The Morgan fingerprint density at radius 3 is 2.37 bits per heavy atom. The molecule has 1 saturated heterocycles. The van der Waals surface area contributed by atoms with Crippen molar-refractivity contribution in [1.29, 1.82) is 0 Å². The molecule has 0 bridgehead atoms. The van der Waals surface area contributed by atoms with Crippen LogP contribution in [-0.2, 0) is 9.59 Å². The number of nitrogens with one attached hydrogen (secondary N) is 1. The number of nitrogens with zero attached hydrogens (tertiary/aromatic N) is 1. The monoisotopic (exact) mass is 438 g/mol. The quantitative estimate of drug-likeness (QED) is 0.661. The van der Waals surface area contributed by atoms with Gasteiger partial charge >= 0.3 is 12.1 Å². The Morgan fingerprint density at radius 2 is 1.80 bits per heavy atom. The minimum atomic E-state index is -4.65. The fraction of sp³-hybridized carbons (Fsp3) is 0.579. The van der Waals surface area contributed by atoms with Crippen molar-refractivity contribution >= 4 is 17.6 Å². The smallest absolute Gasteiger partial charge is 0.389 e. The molecule has 4 atom stereocenters. The van der Waals surface area contributed by atoms with Crippen LogP contribution in [0.4, 0.5) is 32.0 Å². The average molecular weight is 438 g/mol. The van der Waals surface area contributed by atoms with Gasteiger partial charge in [-0.25, -0.2) is 18.0 Å². The lowest BCUT2D eigenvalue weighted by Gasteiger charge is -2.30. The molecule has 3 rings (SSSR count). The topological polar surface area (TPSA) is 69.6 Å². The second kappa shape index (κ2) is 8.35. The van der Waals surface area contributed by atoms with Gasteiger partial charge in [-0.1, -0.05) is 6.42 Å². The number of carboxylic acids is 1. The Balaban J connectivity index is 1.88. The maximum absolute atomic E-state index is 14.0. The third-order valence-electron chi connectivity index (χ3n) is 5.77. The van der Waals surface area contributed by atoms with E-state index in [2.05, 4.69) is 5.32 Å². The summed E-state index contributed by atoms with van der Waals surface area (Å²) in [6.45, 7) is 0.0546. The van der Waals surface area contributed by atoms with Crippen molar-refractivity contribution in [2.45, 2.75) is 50.4 Å². The summed E-state index contributed by atoms with van der Waals surface area (Å²) >= 11 is 0. The fourth-order valence-electron chi connectivity index (χ4n) is 4.47. The van der Waals surface area contributed by atoms with Gasteiger partial charge in [-0.15, -0.1) is 0 Å². The molecular weight excluding hydrogens is 418 g/mol. The minimum Gasteiger partial charge on any atom is -0.480 e. The van der Waals surface area contributed by atoms with E-state index in [1.165, 1.54) is 0 Å². The summed E-state index contributed by atoms with van der Waals surface area (Å²) in [6, 6.07) is -2.28. The number of carbonyl (C=O) groups excluding carboxylic acids is 1. The van der Waals surface area contributed by atoms with E-state index < -0.39 is 66.1 Å². The number of hydrogen-bond acceptors (Lipinski definition) is 3. The first-order valence-corrected chi connectivity index (χ1v) is 9.49. The summed E-state index contributed by atoms with van der Waals surface area (Å²) in [7, 11) is 0. The molecular formula is C19H20F6N2O3. The van der Waals surface area contributed by atoms with Crippen LogP contribution in [-0.4, -0.2) is 46.7 Å². The number of carboxylic acid groups (broad SMARTS) is 1. The van der Waals surface area contributed by atoms with Crippen LogP contribution < -0.4 is 5.32 Å². The summed E-state index contributed by atoms with van der Waals surface area (Å²) < 4.78 is 79.4. The summed E-state index contributed by atoms with van der Waals surface area (Å²) in [5.41, 5.74) is -0.941. The molecule has 1 heterocycles. The molecule has 0 radical (unpaired) electrons. The SMILES string of the molecule is O=C(O)C1[C@H]2CCCC2CN1C(=O)C(CCC(F)(F)F)Nc1c(F)cc(F)cc1F. The maximum Gasteiger partial charge on any atom is 0.389 e. The van der Waals surface area contributed by atoms with Crippen LogP contribution >= 0.6 is 0 Å². The highest BCUT2D eigenvalue weighted by Gasteiger charge is 2.50. The normalized spacial score (nSPS) is 24.6. The number of carbonyl (C=O) groups is 2. The number of fused-ring (bicyclic) bond motifs is 1. The van der Waals surface area contributed by atoms with E-state index in [9.17, 15) is 41.0 Å². The van der Waals surface area contributed by atoms with Crippen LogP contribution in [0.3, 0.4) is 0 Å². The number of rotatable bonds is 6. The van der Waals surface area contributed by atoms with Gasteiger partial charge in [0.15, 0.2) is 11.6 Å². The highest BCUT2D eigenvalue weighted by molar-refractivity contribution is 5.89. The van der Waals surface area contributed by atoms with Crippen LogP contribution in [0.1, 0.15) is 32.1 Å². The summed E-state index contributed by atoms with van der Waals surface area (Å²) in [4.78, 5) is 25.8. The van der Waals surface area contributed by atoms with E-state index in [1.54, 1.807) is 0 Å². The van der Waals surface area contributed by atoms with Gasteiger partial charge in [-0.3, -0.25) is 4.79 Å². The third kappa shape index (κ3) is 4.65. The highest BCUT2D eigenvalue weighted by atomic mass is 19.4. The molecule has 2 aliphatic rings. The Labute approximate surface area is 168 Å². The van der Waals surface area contributed by atoms with Gasteiger partial charge in [0.25, 0.3) is 0 Å². The largest absolute Gasteiger partial charge is 0.480 e. The average Bonchev–Trinajstić information content (AvgIpc) is 3.19. The predicted molar refractivity (Wildman–Crippen MR) is 93.0 cm³/mol. The number of halogens is 6. The van der Waals surface area contributed by atoms with E-state index in [0.717, 1.165) is 11.3 Å². The van der Waals surface area contributed by atoms with Crippen LogP contribution in [0.25, 0.3) is 0 Å². The lowest BCUT2D eigenvalue weighted by atomic mass is 9.94. The Bertz CT molecular complexity index is 808. The Kier molecular flexibility index (Phi) is 6.19. The molecule has 1 amide bonds. The summed E-state index contributed by atoms with van der Waals surface area (Å²) in [5, 5.41) is 11.7. The van der Waals surface area contributed by atoms with Crippen LogP contribution in [0.5, 0.6) is 0 Å². The second-order valence-electron chi connectivity index (χ2n) is 7.72. The van der Waals surface area contributed by atoms with E-state index in [0.29, 0.717) is 25.0 Å². The number of anilines is 1. The molecule has 2 N–H and O–H groups in total. The first-order valence-electron chi connectivity index (χ1n) is 9.49. The zero-order chi connectivity index (χ0) is 22.2. The van der Waals surface area contributed by atoms with Crippen molar-refractivity contribution in [3.8, 4) is 0 Å². The van der Waals surface area contributed by atoms with Gasteiger partial charge in [0.05, 0.1) is 0 Å². The second-order valence-corrected chi connectivity index (χ2v) is 7.72. The molecule has 1 aromatic rings. The van der Waals surface area contributed by atoms with Gasteiger partial charge in [0.2, 0.25) is 5.91 Å². The van der Waals surface area contributed by atoms with Crippen molar-refractivity contribution in [3.63, 3.8) is 0 Å². The van der Waals surface area contributed by atoms with E-state index in [4.69, 9.17) is 0 Å². The van der Waals surface area contributed by atoms with Crippen LogP contribution in [0.2, 0.25) is 0 Å². The molecule has 1 saturated carbocycles. The number of alkyl halides is 3. The molecule has 5 nitrogen and oxygen atoms in total. The van der Waals surface area contributed by atoms with Crippen LogP contribution in [0.15, 0.2) is 12.1 Å². The lowest BCUT2D eigenvalue weighted by Crippen LogP contribution is -2.49. The molecule has 166 valence electrons. The molecule has 2 fully saturated rings. The molecule has 3 unspecified atom stereocenters. The van der Waals surface area contributed by atoms with Gasteiger partial charge in [0, 0.05) is 25.1 Å². The zero-order valence-corrected chi connectivity index (χ0v) is 15.7. The van der Waals surface area contributed by atoms with Crippen LogP contribution in [0, 0.1) is 29.3 Å². The lowest BCUT2D eigenvalue weighted by molar-refractivity contribution is -0.151. The van der Waals surface area contributed by atoms with Crippen molar-refractivity contribution in [3.05, 3.63) is 29.6 Å². The van der Waals surface area contributed by atoms with Gasteiger partial charge in [0.1, 0.15) is 23.6 Å². The Hall–Kier alpha value is -2.46. The van der Waals surface area contributed by atoms with Gasteiger partial charge in [-0.05, 0) is 31.1 Å². The molecule has 0 aromatic heterocycles. The highest BCUT2D eigenvalue weighted by Crippen LogP contribution is 2.43. The van der Waals surface area contributed by atoms with Crippen molar-refractivity contribution in [1.82, 2.24) is 4.90 Å². The standard InChI is InChI=1S/C19H20F6N2O3/c20-10-6-12(21)15(13(22)7-10)26-14(4-5-19(23,24)25)17(28)27-8-9-2-1-3-11(9)16(27)18(29)30/h6-7,9,11,14,16,26H,1-5,8H2,(H,29,30)/t9?,11-,14?,16?/m0/s1. The van der Waals surface area contributed by atoms with E-state index in [1.807, 2.05) is 0 Å². The molecule has 1 aromatic carbocycles. The third-order valence-corrected chi connectivity index (χ3v) is 5.77. The fourth-order valence-corrected chi connectivity index (χ4v) is 4.47. The van der Waals surface area contributed by atoms with Crippen molar-refractivity contribution < 1.29 is 41.0 Å². The van der Waals surface area contributed by atoms with E-state index >= 15 is 0 Å². The number of amides is 1. The molecule has 1 aliphatic carbocycles. The first kappa shape index (κ1) is 22.2. The Morgan fingerprint density at radius 1 is 1.17 bits per heavy atom. The summed E-state index contributed by atoms with van der Waals surface area (Å²) in [6.07, 6.45) is -4.87.